The van der Waals surface area contributed by atoms with Gasteiger partial charge >= 0.3 is 0 Å². The SMILES string of the molecule is CNC(=O)C(NC(C)=O)C(C)OC1C2CC3CC(C2)CC1C3. The molecule has 4 rings (SSSR count). The largest absolute Gasteiger partial charge is 0.372 e. The summed E-state index contributed by atoms with van der Waals surface area (Å²) in [5.41, 5.74) is 0. The lowest BCUT2D eigenvalue weighted by atomic mass is 9.55. The predicted octanol–water partition coefficient (Wildman–Crippen LogP) is 1.47. The number of carbonyl (C=O) groups is 2. The van der Waals surface area contributed by atoms with E-state index in [1.165, 1.54) is 39.0 Å². The molecular formula is C17H28N2O3. The molecule has 4 aliphatic rings. The lowest BCUT2D eigenvalue weighted by Crippen LogP contribution is -2.56. The molecule has 0 aromatic heterocycles. The first-order valence-corrected chi connectivity index (χ1v) is 8.62. The van der Waals surface area contributed by atoms with Gasteiger partial charge in [0.15, 0.2) is 0 Å². The Balaban J connectivity index is 1.65. The Kier molecular flexibility index (Phi) is 4.44. The highest BCUT2D eigenvalue weighted by atomic mass is 16.5. The number of hydrogen-bond acceptors (Lipinski definition) is 3. The van der Waals surface area contributed by atoms with Crippen molar-refractivity contribution < 1.29 is 14.3 Å². The van der Waals surface area contributed by atoms with Crippen LogP contribution in [0.4, 0.5) is 0 Å². The van der Waals surface area contributed by atoms with Gasteiger partial charge in [-0.25, -0.2) is 0 Å². The van der Waals surface area contributed by atoms with Gasteiger partial charge in [-0.1, -0.05) is 0 Å². The van der Waals surface area contributed by atoms with Crippen molar-refractivity contribution in [1.29, 1.82) is 0 Å². The Bertz CT molecular complexity index is 423. The molecule has 0 heterocycles. The van der Waals surface area contributed by atoms with E-state index in [0.29, 0.717) is 11.8 Å². The molecule has 0 spiro atoms. The zero-order chi connectivity index (χ0) is 15.9. The molecule has 2 atom stereocenters. The number of ether oxygens (including phenoxy) is 1. The lowest BCUT2D eigenvalue weighted by molar-refractivity contribution is -0.159. The van der Waals surface area contributed by atoms with Crippen molar-refractivity contribution in [2.24, 2.45) is 23.7 Å². The third-order valence-corrected chi connectivity index (χ3v) is 5.87. The molecule has 5 heteroatoms. The molecule has 0 aromatic rings. The number of carbonyl (C=O) groups excluding carboxylic acids is 2. The van der Waals surface area contributed by atoms with Crippen LogP contribution in [0.25, 0.3) is 0 Å². The van der Waals surface area contributed by atoms with Crippen LogP contribution in [0.5, 0.6) is 0 Å². The van der Waals surface area contributed by atoms with Gasteiger partial charge in [0, 0.05) is 14.0 Å². The Hall–Kier alpha value is -1.10. The van der Waals surface area contributed by atoms with Gasteiger partial charge in [-0.15, -0.1) is 0 Å². The topological polar surface area (TPSA) is 67.4 Å². The summed E-state index contributed by atoms with van der Waals surface area (Å²) in [5.74, 6) is 2.73. The smallest absolute Gasteiger partial charge is 0.245 e. The summed E-state index contributed by atoms with van der Waals surface area (Å²) in [6.07, 6.45) is 6.53. The van der Waals surface area contributed by atoms with Gasteiger partial charge in [-0.3, -0.25) is 9.59 Å². The number of likely N-dealkylation sites (N-methyl/N-ethyl adjacent to an activating group) is 1. The van der Waals surface area contributed by atoms with E-state index in [1.807, 2.05) is 6.92 Å². The molecule has 124 valence electrons. The van der Waals surface area contributed by atoms with Crippen LogP contribution in [-0.2, 0) is 14.3 Å². The molecule has 4 bridgehead atoms. The van der Waals surface area contributed by atoms with E-state index in [2.05, 4.69) is 10.6 Å². The minimum absolute atomic E-state index is 0.188. The average molecular weight is 308 g/mol. The normalized spacial score (nSPS) is 38.4. The molecule has 0 radical (unpaired) electrons. The highest BCUT2D eigenvalue weighted by molar-refractivity contribution is 5.87. The first-order chi connectivity index (χ1) is 10.5. The van der Waals surface area contributed by atoms with E-state index in [0.717, 1.165) is 11.8 Å². The van der Waals surface area contributed by atoms with Crippen molar-refractivity contribution in [2.45, 2.75) is 64.2 Å². The van der Waals surface area contributed by atoms with Gasteiger partial charge in [0.25, 0.3) is 0 Å². The van der Waals surface area contributed by atoms with Crippen molar-refractivity contribution >= 4 is 11.8 Å². The Labute approximate surface area is 132 Å². The third-order valence-electron chi connectivity index (χ3n) is 5.87. The van der Waals surface area contributed by atoms with Crippen molar-refractivity contribution in [3.63, 3.8) is 0 Å². The summed E-state index contributed by atoms with van der Waals surface area (Å²) in [7, 11) is 1.59. The van der Waals surface area contributed by atoms with Crippen LogP contribution in [0.15, 0.2) is 0 Å². The molecule has 0 aliphatic heterocycles. The second-order valence-electron chi connectivity index (χ2n) is 7.53. The number of amides is 2. The van der Waals surface area contributed by atoms with Gasteiger partial charge in [-0.05, 0) is 62.7 Å². The fraction of sp³-hybridized carbons (Fsp3) is 0.882. The Morgan fingerprint density at radius 2 is 1.59 bits per heavy atom. The van der Waals surface area contributed by atoms with Gasteiger partial charge in [0.1, 0.15) is 6.04 Å². The Morgan fingerprint density at radius 3 is 2.05 bits per heavy atom. The zero-order valence-electron chi connectivity index (χ0n) is 13.8. The summed E-state index contributed by atoms with van der Waals surface area (Å²) < 4.78 is 6.34. The van der Waals surface area contributed by atoms with Gasteiger partial charge in [0.2, 0.25) is 11.8 Å². The number of rotatable bonds is 5. The summed E-state index contributed by atoms with van der Waals surface area (Å²) in [5, 5.41) is 5.35. The molecule has 2 N–H and O–H groups in total. The van der Waals surface area contributed by atoms with Crippen LogP contribution in [0.2, 0.25) is 0 Å². The summed E-state index contributed by atoms with van der Waals surface area (Å²) in [4.78, 5) is 23.4. The first kappa shape index (κ1) is 15.8. The second-order valence-corrected chi connectivity index (χ2v) is 7.53. The fourth-order valence-corrected chi connectivity index (χ4v) is 5.19. The van der Waals surface area contributed by atoms with Crippen LogP contribution in [0.1, 0.15) is 46.0 Å². The van der Waals surface area contributed by atoms with E-state index in [1.54, 1.807) is 7.05 Å². The number of hydrogen-bond donors (Lipinski definition) is 2. The van der Waals surface area contributed by atoms with Crippen LogP contribution >= 0.6 is 0 Å². The predicted molar refractivity (Wildman–Crippen MR) is 83.1 cm³/mol. The molecule has 0 saturated heterocycles. The van der Waals surface area contributed by atoms with Crippen LogP contribution in [-0.4, -0.2) is 37.1 Å². The van der Waals surface area contributed by atoms with Gasteiger partial charge in [0.05, 0.1) is 12.2 Å². The van der Waals surface area contributed by atoms with E-state index in [9.17, 15) is 9.59 Å². The second kappa shape index (κ2) is 6.19. The summed E-state index contributed by atoms with van der Waals surface area (Å²) in [6, 6.07) is -0.611. The van der Waals surface area contributed by atoms with Crippen molar-refractivity contribution in [3.05, 3.63) is 0 Å². The third kappa shape index (κ3) is 3.00. The number of nitrogens with one attached hydrogen (secondary N) is 2. The minimum atomic E-state index is -0.611. The maximum atomic E-state index is 12.0. The molecule has 5 nitrogen and oxygen atoms in total. The van der Waals surface area contributed by atoms with Crippen LogP contribution in [0.3, 0.4) is 0 Å². The Morgan fingerprint density at radius 1 is 1.05 bits per heavy atom. The van der Waals surface area contributed by atoms with E-state index in [-0.39, 0.29) is 24.0 Å². The fourth-order valence-electron chi connectivity index (χ4n) is 5.19. The molecule has 4 aliphatic carbocycles. The van der Waals surface area contributed by atoms with E-state index >= 15 is 0 Å². The maximum Gasteiger partial charge on any atom is 0.245 e. The highest BCUT2D eigenvalue weighted by Gasteiger charge is 2.49. The average Bonchev–Trinajstić information content (AvgIpc) is 2.46. The van der Waals surface area contributed by atoms with Crippen LogP contribution < -0.4 is 10.6 Å². The minimum Gasteiger partial charge on any atom is -0.372 e. The van der Waals surface area contributed by atoms with Crippen LogP contribution in [0, 0.1) is 23.7 Å². The highest BCUT2D eigenvalue weighted by Crippen LogP contribution is 2.54. The van der Waals surface area contributed by atoms with Crippen molar-refractivity contribution in [2.75, 3.05) is 7.05 Å². The van der Waals surface area contributed by atoms with Crippen molar-refractivity contribution in [1.82, 2.24) is 10.6 Å². The van der Waals surface area contributed by atoms with Crippen molar-refractivity contribution in [3.8, 4) is 0 Å². The summed E-state index contributed by atoms with van der Waals surface area (Å²) in [6.45, 7) is 3.34. The van der Waals surface area contributed by atoms with Gasteiger partial charge in [-0.2, -0.15) is 0 Å². The lowest BCUT2D eigenvalue weighted by Gasteiger charge is -2.54. The van der Waals surface area contributed by atoms with E-state index in [4.69, 9.17) is 4.74 Å². The zero-order valence-corrected chi connectivity index (χ0v) is 13.8. The first-order valence-electron chi connectivity index (χ1n) is 8.62. The molecule has 4 fully saturated rings. The quantitative estimate of drug-likeness (QED) is 0.808. The molecular weight excluding hydrogens is 280 g/mol. The maximum absolute atomic E-state index is 12.0. The molecule has 2 unspecified atom stereocenters. The molecule has 0 aromatic carbocycles. The van der Waals surface area contributed by atoms with E-state index < -0.39 is 6.04 Å². The summed E-state index contributed by atoms with van der Waals surface area (Å²) >= 11 is 0. The standard InChI is InChI=1S/C17H28N2O3/c1-9(15(17(21)18-3)19-10(2)20)22-16-13-5-11-4-12(7-13)8-14(16)6-11/h9,11-16H,4-8H2,1-3H3,(H,18,21)(H,19,20). The molecule has 4 saturated carbocycles. The monoisotopic (exact) mass is 308 g/mol. The van der Waals surface area contributed by atoms with Gasteiger partial charge < -0.3 is 15.4 Å². The molecule has 2 amide bonds. The molecule has 22 heavy (non-hydrogen) atoms.